The van der Waals surface area contributed by atoms with Gasteiger partial charge in [0.2, 0.25) is 0 Å². The third-order valence-corrected chi connectivity index (χ3v) is 4.76. The molecule has 2 aliphatic heterocycles. The largest absolute Gasteiger partial charge is 0.487 e. The van der Waals surface area contributed by atoms with Gasteiger partial charge in [0.05, 0.1) is 19.8 Å². The van der Waals surface area contributed by atoms with E-state index in [1.54, 1.807) is 12.1 Å². The molecule has 5 nitrogen and oxygen atoms in total. The highest BCUT2D eigenvalue weighted by molar-refractivity contribution is 5.94. The summed E-state index contributed by atoms with van der Waals surface area (Å²) in [6, 6.07) is 13.3. The van der Waals surface area contributed by atoms with Crippen molar-refractivity contribution in [2.45, 2.75) is 25.4 Å². The minimum atomic E-state index is -0.303. The van der Waals surface area contributed by atoms with Gasteiger partial charge in [-0.05, 0) is 41.8 Å². The van der Waals surface area contributed by atoms with Gasteiger partial charge in [-0.15, -0.1) is 0 Å². The van der Waals surface area contributed by atoms with E-state index in [9.17, 15) is 4.39 Å². The second kappa shape index (κ2) is 8.39. The predicted molar refractivity (Wildman–Crippen MR) is 104 cm³/mol. The summed E-state index contributed by atoms with van der Waals surface area (Å²) in [5, 5.41) is 6.42. The Morgan fingerprint density at radius 1 is 1.11 bits per heavy atom. The summed E-state index contributed by atoms with van der Waals surface area (Å²) < 4.78 is 25.5. The van der Waals surface area contributed by atoms with Crippen molar-refractivity contribution in [1.29, 1.82) is 0 Å². The monoisotopic (exact) mass is 369 g/mol. The lowest BCUT2D eigenvalue weighted by molar-refractivity contribution is 0.0240. The van der Waals surface area contributed by atoms with Gasteiger partial charge in [0.1, 0.15) is 6.10 Å². The third kappa shape index (κ3) is 4.77. The first-order valence-electron chi connectivity index (χ1n) is 9.43. The zero-order valence-electron chi connectivity index (χ0n) is 15.2. The van der Waals surface area contributed by atoms with E-state index in [-0.39, 0.29) is 11.9 Å². The number of benzene rings is 2. The van der Waals surface area contributed by atoms with Crippen LogP contribution in [-0.4, -0.2) is 38.4 Å². The summed E-state index contributed by atoms with van der Waals surface area (Å²) in [5.41, 5.74) is 3.03. The molecule has 0 aromatic heterocycles. The van der Waals surface area contributed by atoms with Crippen molar-refractivity contribution < 1.29 is 13.9 Å². The lowest BCUT2D eigenvalue weighted by Gasteiger charge is -2.23. The third-order valence-electron chi connectivity index (χ3n) is 4.76. The standard InChI is InChI=1S/C21H24FN3O2/c22-19-14-16(3-6-20(19)27-18-7-11-26-12-8-18)13-15-1-4-17(5-2-15)25-21-23-9-10-24-21/h1-6,14,18H,7-13H2,(H2,23,24,25). The highest BCUT2D eigenvalue weighted by Crippen LogP contribution is 2.24. The van der Waals surface area contributed by atoms with Crippen molar-refractivity contribution in [1.82, 2.24) is 5.32 Å². The first-order chi connectivity index (χ1) is 13.3. The van der Waals surface area contributed by atoms with Gasteiger partial charge in [-0.1, -0.05) is 18.2 Å². The fourth-order valence-electron chi connectivity index (χ4n) is 3.28. The maximum absolute atomic E-state index is 14.4. The number of halogens is 1. The lowest BCUT2D eigenvalue weighted by Crippen LogP contribution is -2.26. The topological polar surface area (TPSA) is 54.9 Å². The van der Waals surface area contributed by atoms with E-state index in [0.29, 0.717) is 25.4 Å². The average molecular weight is 369 g/mol. The molecule has 0 saturated carbocycles. The number of hydrogen-bond acceptors (Lipinski definition) is 5. The highest BCUT2D eigenvalue weighted by Gasteiger charge is 2.17. The molecule has 2 N–H and O–H groups in total. The minimum absolute atomic E-state index is 0.0399. The van der Waals surface area contributed by atoms with E-state index in [1.165, 1.54) is 0 Å². The van der Waals surface area contributed by atoms with E-state index in [1.807, 2.05) is 30.3 Å². The molecule has 1 fully saturated rings. The Morgan fingerprint density at radius 2 is 1.89 bits per heavy atom. The molecule has 27 heavy (non-hydrogen) atoms. The number of ether oxygens (including phenoxy) is 2. The van der Waals surface area contributed by atoms with Crippen LogP contribution in [0.15, 0.2) is 47.5 Å². The molecule has 2 aromatic rings. The van der Waals surface area contributed by atoms with Crippen molar-refractivity contribution in [2.75, 3.05) is 31.6 Å². The molecule has 0 atom stereocenters. The van der Waals surface area contributed by atoms with E-state index in [2.05, 4.69) is 15.6 Å². The van der Waals surface area contributed by atoms with Crippen LogP contribution in [0.1, 0.15) is 24.0 Å². The molecule has 1 saturated heterocycles. The van der Waals surface area contributed by atoms with Crippen LogP contribution in [0, 0.1) is 5.82 Å². The maximum Gasteiger partial charge on any atom is 0.195 e. The van der Waals surface area contributed by atoms with Gasteiger partial charge in [0, 0.05) is 25.1 Å². The zero-order valence-corrected chi connectivity index (χ0v) is 15.2. The lowest BCUT2D eigenvalue weighted by atomic mass is 10.0. The van der Waals surface area contributed by atoms with E-state index in [0.717, 1.165) is 48.7 Å². The fraction of sp³-hybridized carbons (Fsp3) is 0.381. The van der Waals surface area contributed by atoms with Gasteiger partial charge in [-0.25, -0.2) is 4.39 Å². The molecule has 2 aliphatic rings. The number of rotatable bonds is 5. The summed E-state index contributed by atoms with van der Waals surface area (Å²) in [6.45, 7) is 3.04. The van der Waals surface area contributed by atoms with Crippen molar-refractivity contribution in [3.63, 3.8) is 0 Å². The number of nitrogens with zero attached hydrogens (tertiary/aromatic N) is 1. The summed E-state index contributed by atoms with van der Waals surface area (Å²) in [6.07, 6.45) is 2.33. The van der Waals surface area contributed by atoms with Crippen molar-refractivity contribution in [2.24, 2.45) is 4.99 Å². The van der Waals surface area contributed by atoms with E-state index < -0.39 is 0 Å². The number of guanidine groups is 1. The first-order valence-corrected chi connectivity index (χ1v) is 9.43. The minimum Gasteiger partial charge on any atom is -0.487 e. The number of anilines is 1. The average Bonchev–Trinajstić information content (AvgIpc) is 3.19. The zero-order chi connectivity index (χ0) is 18.5. The highest BCUT2D eigenvalue weighted by atomic mass is 19.1. The SMILES string of the molecule is Fc1cc(Cc2ccc(NC3=NCCN3)cc2)ccc1OC1CCOCC1. The number of nitrogens with one attached hydrogen (secondary N) is 2. The quantitative estimate of drug-likeness (QED) is 0.849. The second-order valence-electron chi connectivity index (χ2n) is 6.85. The predicted octanol–water partition coefficient (Wildman–Crippen LogP) is 3.35. The van der Waals surface area contributed by atoms with Gasteiger partial charge in [-0.2, -0.15) is 0 Å². The van der Waals surface area contributed by atoms with Crippen LogP contribution in [0.2, 0.25) is 0 Å². The van der Waals surface area contributed by atoms with E-state index in [4.69, 9.17) is 9.47 Å². The molecule has 6 heteroatoms. The molecule has 0 bridgehead atoms. The number of hydrogen-bond donors (Lipinski definition) is 2. The molecular weight excluding hydrogens is 345 g/mol. The van der Waals surface area contributed by atoms with Crippen molar-refractivity contribution in [3.8, 4) is 5.75 Å². The molecule has 4 rings (SSSR count). The van der Waals surface area contributed by atoms with Crippen molar-refractivity contribution >= 4 is 11.6 Å². The van der Waals surface area contributed by atoms with Crippen LogP contribution in [-0.2, 0) is 11.2 Å². The van der Waals surface area contributed by atoms with Gasteiger partial charge >= 0.3 is 0 Å². The van der Waals surface area contributed by atoms with Gasteiger partial charge < -0.3 is 20.1 Å². The molecular formula is C21H24FN3O2. The van der Waals surface area contributed by atoms with Crippen LogP contribution in [0.4, 0.5) is 10.1 Å². The summed E-state index contributed by atoms with van der Waals surface area (Å²) >= 11 is 0. The Bertz CT molecular complexity index is 802. The molecule has 2 heterocycles. The van der Waals surface area contributed by atoms with Gasteiger partial charge in [0.25, 0.3) is 0 Å². The maximum atomic E-state index is 14.4. The Hall–Kier alpha value is -2.60. The van der Waals surface area contributed by atoms with Gasteiger partial charge in [-0.3, -0.25) is 4.99 Å². The van der Waals surface area contributed by atoms with Crippen LogP contribution in [0.5, 0.6) is 5.75 Å². The summed E-state index contributed by atoms with van der Waals surface area (Å²) in [5.74, 6) is 0.836. The van der Waals surface area contributed by atoms with Crippen LogP contribution in [0.3, 0.4) is 0 Å². The smallest absolute Gasteiger partial charge is 0.195 e. The molecule has 0 spiro atoms. The molecule has 0 aliphatic carbocycles. The van der Waals surface area contributed by atoms with Gasteiger partial charge in [0.15, 0.2) is 17.5 Å². The molecule has 0 amide bonds. The Labute approximate surface area is 158 Å². The molecule has 0 unspecified atom stereocenters. The van der Waals surface area contributed by atoms with E-state index >= 15 is 0 Å². The Balaban J connectivity index is 1.36. The van der Waals surface area contributed by atoms with Crippen LogP contribution in [0.25, 0.3) is 0 Å². The Morgan fingerprint density at radius 3 is 2.59 bits per heavy atom. The summed E-state index contributed by atoms with van der Waals surface area (Å²) in [4.78, 5) is 4.31. The number of aliphatic imine (C=N–C) groups is 1. The van der Waals surface area contributed by atoms with Crippen molar-refractivity contribution in [3.05, 3.63) is 59.4 Å². The molecule has 2 aromatic carbocycles. The summed E-state index contributed by atoms with van der Waals surface area (Å²) in [7, 11) is 0. The van der Waals surface area contributed by atoms with Crippen LogP contribution >= 0.6 is 0 Å². The van der Waals surface area contributed by atoms with Crippen LogP contribution < -0.4 is 15.4 Å². The normalized spacial score (nSPS) is 17.3. The fourth-order valence-corrected chi connectivity index (χ4v) is 3.28. The second-order valence-corrected chi connectivity index (χ2v) is 6.85. The molecule has 142 valence electrons. The first kappa shape index (κ1) is 17.8. The molecule has 0 radical (unpaired) electrons. The Kier molecular flexibility index (Phi) is 5.53.